The zero-order valence-corrected chi connectivity index (χ0v) is 15.2. The molecule has 1 aliphatic rings. The molecule has 28 heavy (non-hydrogen) atoms. The fourth-order valence-corrected chi connectivity index (χ4v) is 2.73. The highest BCUT2D eigenvalue weighted by molar-refractivity contribution is 5.78. The van der Waals surface area contributed by atoms with Gasteiger partial charge in [0.25, 0.3) is 5.79 Å². The second kappa shape index (κ2) is 9.61. The van der Waals surface area contributed by atoms with E-state index in [4.69, 9.17) is 25.5 Å². The lowest BCUT2D eigenvalue weighted by Gasteiger charge is -2.46. The second-order valence-electron chi connectivity index (χ2n) is 5.85. The average molecular weight is 408 g/mol. The van der Waals surface area contributed by atoms with E-state index in [2.05, 4.69) is 14.8 Å². The van der Waals surface area contributed by atoms with E-state index in [0.29, 0.717) is 0 Å². The topological polar surface area (TPSA) is 203 Å². The van der Waals surface area contributed by atoms with Crippen molar-refractivity contribution in [2.75, 3.05) is 13.7 Å². The number of aliphatic hydroxyl groups is 2. The summed E-state index contributed by atoms with van der Waals surface area (Å²) in [4.78, 5) is 37.1. The minimum atomic E-state index is -3.28. The van der Waals surface area contributed by atoms with Gasteiger partial charge in [-0.05, 0) is 5.53 Å². The van der Waals surface area contributed by atoms with Crippen LogP contribution in [0.3, 0.4) is 0 Å². The Morgan fingerprint density at radius 1 is 1.36 bits per heavy atom. The largest absolute Gasteiger partial charge is 0.465 e. The highest BCUT2D eigenvalue weighted by Gasteiger charge is 2.61. The fourth-order valence-electron chi connectivity index (χ4n) is 2.73. The summed E-state index contributed by atoms with van der Waals surface area (Å²) < 4.78 is 33.9. The van der Waals surface area contributed by atoms with Crippen LogP contribution in [0.5, 0.6) is 0 Å². The van der Waals surface area contributed by atoms with E-state index in [-0.39, 0.29) is 0 Å². The van der Waals surface area contributed by atoms with Crippen LogP contribution in [0.25, 0.3) is 10.4 Å². The molecule has 13 nitrogen and oxygen atoms in total. The lowest BCUT2D eigenvalue weighted by atomic mass is 9.86. The van der Waals surface area contributed by atoms with E-state index in [1.165, 1.54) is 0 Å². The molecular formula is C14H21FN4O9. The van der Waals surface area contributed by atoms with Gasteiger partial charge in [0.15, 0.2) is 18.4 Å². The van der Waals surface area contributed by atoms with Crippen molar-refractivity contribution in [3.8, 4) is 0 Å². The molecule has 0 aromatic heterocycles. The zero-order chi connectivity index (χ0) is 21.6. The van der Waals surface area contributed by atoms with Gasteiger partial charge in [-0.2, -0.15) is 0 Å². The molecule has 1 aliphatic heterocycles. The molecule has 0 saturated carbocycles. The van der Waals surface area contributed by atoms with E-state index in [0.717, 1.165) is 21.0 Å². The molecule has 0 aliphatic carbocycles. The first-order valence-electron chi connectivity index (χ1n) is 7.91. The van der Waals surface area contributed by atoms with E-state index in [9.17, 15) is 29.0 Å². The molecule has 1 fully saturated rings. The van der Waals surface area contributed by atoms with E-state index >= 15 is 0 Å². The molecule has 1 rings (SSSR count). The molecule has 6 unspecified atom stereocenters. The number of hydrogen-bond donors (Lipinski definition) is 3. The third kappa shape index (κ3) is 4.85. The number of nitrogens with two attached hydrogens (primary N) is 1. The number of rotatable bonds is 7. The number of hydrogen-bond acceptors (Lipinski definition) is 11. The minimum Gasteiger partial charge on any atom is -0.465 e. The summed E-state index contributed by atoms with van der Waals surface area (Å²) in [6, 6.07) is -3.44. The van der Waals surface area contributed by atoms with Crippen LogP contribution in [-0.4, -0.2) is 84.2 Å². The standard InChI is InChI=1S/C14H21FN4O9/c1-5(21)26-7(4-20)10(27-6(2)22)11-8(16)9(18-19-17)12(15)14(24,28-11)13(23)25-3/h7-12,20,24H,4,16H2,1-3H3/t7-,8?,9?,10?,11?,12?,14?/m1/s1. The quantitative estimate of drug-likeness (QED) is 0.145. The number of halogens is 1. The van der Waals surface area contributed by atoms with Crippen LogP contribution < -0.4 is 5.73 Å². The molecule has 0 aromatic rings. The van der Waals surface area contributed by atoms with Gasteiger partial charge in [0, 0.05) is 24.8 Å². The SMILES string of the molecule is COC(=O)C1(O)OC(C(OC(C)=O)[C@@H](CO)OC(C)=O)C(N)C(N=[N+]=[N-])C1F. The Morgan fingerprint density at radius 3 is 2.36 bits per heavy atom. The maximum Gasteiger partial charge on any atom is 0.369 e. The van der Waals surface area contributed by atoms with Crippen molar-refractivity contribution < 1.29 is 47.9 Å². The molecule has 1 heterocycles. The predicted octanol–water partition coefficient (Wildman–Crippen LogP) is -1.55. The summed E-state index contributed by atoms with van der Waals surface area (Å²) in [6.45, 7) is 1.09. The van der Waals surface area contributed by atoms with Crippen molar-refractivity contribution >= 4 is 17.9 Å². The van der Waals surface area contributed by atoms with Gasteiger partial charge in [0.2, 0.25) is 0 Å². The third-order valence-corrected chi connectivity index (χ3v) is 3.92. The first-order chi connectivity index (χ1) is 13.0. The van der Waals surface area contributed by atoms with Crippen molar-refractivity contribution in [1.82, 2.24) is 0 Å². The van der Waals surface area contributed by atoms with Gasteiger partial charge in [-0.15, -0.1) is 0 Å². The van der Waals surface area contributed by atoms with Crippen LogP contribution in [0, 0.1) is 0 Å². The fraction of sp³-hybridized carbons (Fsp3) is 0.786. The normalized spacial score (nSPS) is 31.7. The van der Waals surface area contributed by atoms with E-state index < -0.39 is 66.9 Å². The molecule has 14 heteroatoms. The number of aliphatic hydroxyl groups excluding tert-OH is 1. The predicted molar refractivity (Wildman–Crippen MR) is 85.8 cm³/mol. The van der Waals surface area contributed by atoms with Crippen LogP contribution in [-0.2, 0) is 33.3 Å². The number of azide groups is 1. The summed E-state index contributed by atoms with van der Waals surface area (Å²) in [5.74, 6) is -6.66. The van der Waals surface area contributed by atoms with Gasteiger partial charge in [0.05, 0.1) is 19.8 Å². The lowest BCUT2D eigenvalue weighted by molar-refractivity contribution is -0.305. The number of nitrogens with zero attached hydrogens (tertiary/aromatic N) is 3. The number of methoxy groups -OCH3 is 1. The number of carbonyl (C=O) groups is 3. The van der Waals surface area contributed by atoms with Crippen molar-refractivity contribution in [2.45, 2.75) is 56.2 Å². The molecule has 0 amide bonds. The highest BCUT2D eigenvalue weighted by atomic mass is 19.1. The van der Waals surface area contributed by atoms with Crippen molar-refractivity contribution in [2.24, 2.45) is 10.8 Å². The van der Waals surface area contributed by atoms with Gasteiger partial charge in [-0.25, -0.2) is 9.18 Å². The Labute approximate surface area is 158 Å². The monoisotopic (exact) mass is 408 g/mol. The maximum atomic E-state index is 14.7. The summed E-state index contributed by atoms with van der Waals surface area (Å²) in [6.07, 6.45) is -7.63. The van der Waals surface area contributed by atoms with Crippen LogP contribution >= 0.6 is 0 Å². The van der Waals surface area contributed by atoms with Gasteiger partial charge >= 0.3 is 17.9 Å². The highest BCUT2D eigenvalue weighted by Crippen LogP contribution is 2.35. The summed E-state index contributed by atoms with van der Waals surface area (Å²) >= 11 is 0. The number of carbonyl (C=O) groups excluding carboxylic acids is 3. The molecular weight excluding hydrogens is 387 g/mol. The van der Waals surface area contributed by atoms with Crippen LogP contribution in [0.1, 0.15) is 13.8 Å². The number of esters is 3. The number of ether oxygens (including phenoxy) is 4. The Kier molecular flexibility index (Phi) is 8.08. The lowest BCUT2D eigenvalue weighted by Crippen LogP contribution is -2.71. The molecule has 1 saturated heterocycles. The maximum absolute atomic E-state index is 14.7. The molecule has 0 aromatic carbocycles. The van der Waals surface area contributed by atoms with E-state index in [1.807, 2.05) is 0 Å². The van der Waals surface area contributed by atoms with Gasteiger partial charge < -0.3 is 34.9 Å². The van der Waals surface area contributed by atoms with Gasteiger partial charge in [-0.1, -0.05) is 5.11 Å². The Balaban J connectivity index is 3.46. The summed E-state index contributed by atoms with van der Waals surface area (Å²) in [5, 5.41) is 23.0. The van der Waals surface area contributed by atoms with Crippen molar-refractivity contribution in [3.63, 3.8) is 0 Å². The smallest absolute Gasteiger partial charge is 0.369 e. The summed E-state index contributed by atoms with van der Waals surface area (Å²) in [5.41, 5.74) is 14.5. The van der Waals surface area contributed by atoms with Crippen LogP contribution in [0.4, 0.5) is 4.39 Å². The first kappa shape index (κ1) is 23.5. The molecule has 0 radical (unpaired) electrons. The first-order valence-corrected chi connectivity index (χ1v) is 7.91. The molecule has 158 valence electrons. The number of alkyl halides is 1. The van der Waals surface area contributed by atoms with E-state index in [1.54, 1.807) is 0 Å². The molecule has 7 atom stereocenters. The van der Waals surface area contributed by atoms with Crippen LogP contribution in [0.15, 0.2) is 5.11 Å². The third-order valence-electron chi connectivity index (χ3n) is 3.92. The zero-order valence-electron chi connectivity index (χ0n) is 15.2. The molecule has 0 spiro atoms. The average Bonchev–Trinajstić information content (AvgIpc) is 2.63. The Morgan fingerprint density at radius 2 is 1.93 bits per heavy atom. The van der Waals surface area contributed by atoms with Crippen LogP contribution in [0.2, 0.25) is 0 Å². The van der Waals surface area contributed by atoms with Gasteiger partial charge in [0.1, 0.15) is 6.10 Å². The molecule has 4 N–H and O–H groups in total. The Hall–Kier alpha value is -2.51. The van der Waals surface area contributed by atoms with Gasteiger partial charge in [-0.3, -0.25) is 9.59 Å². The molecule has 0 bridgehead atoms. The minimum absolute atomic E-state index is 0.835. The van der Waals surface area contributed by atoms with Crippen molar-refractivity contribution in [3.05, 3.63) is 10.4 Å². The summed E-state index contributed by atoms with van der Waals surface area (Å²) in [7, 11) is 0.835. The Bertz CT molecular complexity index is 659. The van der Waals surface area contributed by atoms with Crippen molar-refractivity contribution in [1.29, 1.82) is 0 Å². The second-order valence-corrected chi connectivity index (χ2v) is 5.85.